The Bertz CT molecular complexity index is 197. The molecule has 1 heterocycles. The summed E-state index contributed by atoms with van der Waals surface area (Å²) in [6.45, 7) is 0.848. The van der Waals surface area contributed by atoms with Crippen LogP contribution in [-0.4, -0.2) is 22.9 Å². The van der Waals surface area contributed by atoms with E-state index in [1.165, 1.54) is 19.3 Å². The molecule has 2 fully saturated rings. The Morgan fingerprint density at radius 3 is 3.00 bits per heavy atom. The van der Waals surface area contributed by atoms with E-state index >= 15 is 0 Å². The highest BCUT2D eigenvalue weighted by molar-refractivity contribution is 7.78. The van der Waals surface area contributed by atoms with Crippen molar-refractivity contribution >= 4 is 18.8 Å². The number of fused-ring (bicyclic) bond motifs is 1. The Balaban J connectivity index is 2.08. The molecule has 2 atom stereocenters. The van der Waals surface area contributed by atoms with E-state index in [0.717, 1.165) is 13.0 Å². The Labute approximate surface area is 78.0 Å². The summed E-state index contributed by atoms with van der Waals surface area (Å²) in [5.74, 6) is 0.633. The second-order valence-corrected chi connectivity index (χ2v) is 4.07. The number of nitrogens with zero attached hydrogens (tertiary/aromatic N) is 1. The third kappa shape index (κ3) is 1.28. The van der Waals surface area contributed by atoms with Crippen LogP contribution in [0.2, 0.25) is 0 Å². The molecule has 0 aromatic rings. The van der Waals surface area contributed by atoms with Gasteiger partial charge in [-0.05, 0) is 18.8 Å². The molecule has 0 radical (unpaired) electrons. The van der Waals surface area contributed by atoms with Crippen LogP contribution in [0.15, 0.2) is 0 Å². The van der Waals surface area contributed by atoms with Crippen LogP contribution in [0.5, 0.6) is 0 Å². The van der Waals surface area contributed by atoms with Crippen molar-refractivity contribution in [1.82, 2.24) is 9.62 Å². The van der Waals surface area contributed by atoms with Crippen LogP contribution >= 0.6 is 12.8 Å². The molecule has 1 aliphatic carbocycles. The summed E-state index contributed by atoms with van der Waals surface area (Å²) >= 11 is 4.20. The molecule has 0 aromatic heterocycles. The van der Waals surface area contributed by atoms with Crippen molar-refractivity contribution in [3.05, 3.63) is 0 Å². The highest BCUT2D eigenvalue weighted by Gasteiger charge is 2.35. The van der Waals surface area contributed by atoms with Crippen LogP contribution in [0.1, 0.15) is 25.7 Å². The van der Waals surface area contributed by atoms with Crippen LogP contribution in [0.25, 0.3) is 0 Å². The monoisotopic (exact) mass is 186 g/mol. The molecule has 1 aliphatic heterocycles. The maximum atomic E-state index is 11.2. The minimum atomic E-state index is -0.0264. The van der Waals surface area contributed by atoms with Crippen LogP contribution in [-0.2, 0) is 0 Å². The summed E-state index contributed by atoms with van der Waals surface area (Å²) in [6, 6.07) is 0.359. The van der Waals surface area contributed by atoms with Crippen molar-refractivity contribution in [1.29, 1.82) is 0 Å². The van der Waals surface area contributed by atoms with Gasteiger partial charge in [0.2, 0.25) is 0 Å². The van der Waals surface area contributed by atoms with Gasteiger partial charge in [0.25, 0.3) is 0 Å². The minimum absolute atomic E-state index is 0.0264. The second kappa shape index (κ2) is 3.17. The van der Waals surface area contributed by atoms with Gasteiger partial charge in [-0.2, -0.15) is 0 Å². The van der Waals surface area contributed by atoms with Gasteiger partial charge in [-0.25, -0.2) is 4.79 Å². The second-order valence-electron chi connectivity index (χ2n) is 3.64. The maximum Gasteiger partial charge on any atom is 0.327 e. The molecule has 0 bridgehead atoms. The van der Waals surface area contributed by atoms with E-state index in [1.54, 1.807) is 4.31 Å². The van der Waals surface area contributed by atoms with Crippen LogP contribution < -0.4 is 5.32 Å². The number of carbonyl (C=O) groups excluding carboxylic acids is 1. The number of nitrogens with one attached hydrogen (secondary N) is 1. The number of carbonyl (C=O) groups is 1. The molecule has 12 heavy (non-hydrogen) atoms. The number of thiol groups is 1. The molecule has 3 nitrogen and oxygen atoms in total. The van der Waals surface area contributed by atoms with Crippen LogP contribution in [0.4, 0.5) is 4.79 Å². The Kier molecular flexibility index (Phi) is 2.17. The summed E-state index contributed by atoms with van der Waals surface area (Å²) in [5.41, 5.74) is 0. The van der Waals surface area contributed by atoms with E-state index in [0.29, 0.717) is 12.0 Å². The predicted molar refractivity (Wildman–Crippen MR) is 50.0 cm³/mol. The topological polar surface area (TPSA) is 32.3 Å². The summed E-state index contributed by atoms with van der Waals surface area (Å²) in [7, 11) is 0. The molecule has 0 spiro atoms. The molecule has 68 valence electrons. The van der Waals surface area contributed by atoms with E-state index in [2.05, 4.69) is 18.1 Å². The van der Waals surface area contributed by atoms with E-state index in [9.17, 15) is 4.79 Å². The minimum Gasteiger partial charge on any atom is -0.337 e. The Hall–Kier alpha value is -0.380. The number of hydrogen-bond donors (Lipinski definition) is 2. The first kappa shape index (κ1) is 8.23. The molecule has 0 aromatic carbocycles. The van der Waals surface area contributed by atoms with Gasteiger partial charge in [0.05, 0.1) is 0 Å². The lowest BCUT2D eigenvalue weighted by molar-refractivity contribution is 0.151. The fourth-order valence-electron chi connectivity index (χ4n) is 2.20. The molecule has 1 saturated heterocycles. The first-order valence-corrected chi connectivity index (χ1v) is 4.95. The molecule has 2 unspecified atom stereocenters. The van der Waals surface area contributed by atoms with E-state index in [1.807, 2.05) is 0 Å². The average molecular weight is 186 g/mol. The molecular formula is C8H14N2OS. The molecule has 2 aliphatic rings. The third-order valence-electron chi connectivity index (χ3n) is 2.91. The lowest BCUT2D eigenvalue weighted by Crippen LogP contribution is -2.54. The van der Waals surface area contributed by atoms with Gasteiger partial charge in [0, 0.05) is 12.6 Å². The third-order valence-corrected chi connectivity index (χ3v) is 3.38. The van der Waals surface area contributed by atoms with Gasteiger partial charge in [-0.1, -0.05) is 25.7 Å². The Morgan fingerprint density at radius 1 is 1.42 bits per heavy atom. The van der Waals surface area contributed by atoms with Crippen molar-refractivity contribution in [3.63, 3.8) is 0 Å². The van der Waals surface area contributed by atoms with Gasteiger partial charge >= 0.3 is 6.03 Å². The molecule has 2 amide bonds. The molecule has 2 rings (SSSR count). The maximum absolute atomic E-state index is 11.2. The van der Waals surface area contributed by atoms with Crippen LogP contribution in [0, 0.1) is 5.92 Å². The SMILES string of the molecule is O=C1NCC2CCCCC2N1S. The first-order valence-electron chi connectivity index (χ1n) is 4.55. The molecular weight excluding hydrogens is 172 g/mol. The zero-order chi connectivity index (χ0) is 8.55. The van der Waals surface area contributed by atoms with Crippen molar-refractivity contribution in [2.45, 2.75) is 31.7 Å². The fraction of sp³-hybridized carbons (Fsp3) is 0.875. The Morgan fingerprint density at radius 2 is 2.17 bits per heavy atom. The summed E-state index contributed by atoms with van der Waals surface area (Å²) in [6.07, 6.45) is 4.91. The van der Waals surface area contributed by atoms with Crippen molar-refractivity contribution in [3.8, 4) is 0 Å². The fourth-order valence-corrected chi connectivity index (χ4v) is 2.57. The molecule has 1 saturated carbocycles. The van der Waals surface area contributed by atoms with E-state index < -0.39 is 0 Å². The number of hydrogen-bond acceptors (Lipinski definition) is 2. The predicted octanol–water partition coefficient (Wildman–Crippen LogP) is 1.42. The smallest absolute Gasteiger partial charge is 0.327 e. The van der Waals surface area contributed by atoms with E-state index in [-0.39, 0.29) is 6.03 Å². The number of urea groups is 1. The highest BCUT2D eigenvalue weighted by atomic mass is 32.1. The van der Waals surface area contributed by atoms with Gasteiger partial charge < -0.3 is 5.32 Å². The van der Waals surface area contributed by atoms with Crippen molar-refractivity contribution in [2.75, 3.05) is 6.54 Å². The zero-order valence-electron chi connectivity index (χ0n) is 6.99. The van der Waals surface area contributed by atoms with Gasteiger partial charge in [-0.15, -0.1) is 0 Å². The molecule has 1 N–H and O–H groups in total. The average Bonchev–Trinajstić information content (AvgIpc) is 2.12. The van der Waals surface area contributed by atoms with Gasteiger partial charge in [-0.3, -0.25) is 4.31 Å². The standard InChI is InChI=1S/C8H14N2OS/c11-8-9-5-6-3-1-2-4-7(6)10(8)12/h6-7,12H,1-5H2,(H,9,11). The quantitative estimate of drug-likeness (QED) is 0.551. The normalized spacial score (nSPS) is 35.8. The van der Waals surface area contributed by atoms with Crippen LogP contribution in [0.3, 0.4) is 0 Å². The van der Waals surface area contributed by atoms with E-state index in [4.69, 9.17) is 0 Å². The summed E-state index contributed by atoms with van der Waals surface area (Å²) in [5, 5.41) is 2.84. The largest absolute Gasteiger partial charge is 0.337 e. The molecule has 4 heteroatoms. The van der Waals surface area contributed by atoms with Gasteiger partial charge in [0.1, 0.15) is 0 Å². The van der Waals surface area contributed by atoms with Crippen molar-refractivity contribution < 1.29 is 4.79 Å². The summed E-state index contributed by atoms with van der Waals surface area (Å²) < 4.78 is 1.58. The number of amides is 2. The lowest BCUT2D eigenvalue weighted by Gasteiger charge is -2.41. The lowest BCUT2D eigenvalue weighted by atomic mass is 9.83. The summed E-state index contributed by atoms with van der Waals surface area (Å²) in [4.78, 5) is 11.2. The van der Waals surface area contributed by atoms with Crippen molar-refractivity contribution in [2.24, 2.45) is 5.92 Å². The zero-order valence-corrected chi connectivity index (χ0v) is 7.89. The number of rotatable bonds is 0. The highest BCUT2D eigenvalue weighted by Crippen LogP contribution is 2.31. The first-order chi connectivity index (χ1) is 5.79. The van der Waals surface area contributed by atoms with Gasteiger partial charge in [0.15, 0.2) is 0 Å².